The molecule has 19 heavy (non-hydrogen) atoms. The fourth-order valence-corrected chi connectivity index (χ4v) is 2.45. The second-order valence-electron chi connectivity index (χ2n) is 4.86. The molecule has 0 radical (unpaired) electrons. The minimum atomic E-state index is -0.577. The zero-order chi connectivity index (χ0) is 13.7. The molecule has 1 aliphatic heterocycles. The van der Waals surface area contributed by atoms with Gasteiger partial charge < -0.3 is 15.4 Å². The van der Waals surface area contributed by atoms with E-state index in [2.05, 4.69) is 15.0 Å². The lowest BCUT2D eigenvalue weighted by Crippen LogP contribution is -2.37. The summed E-state index contributed by atoms with van der Waals surface area (Å²) in [6.07, 6.45) is 4.82. The summed E-state index contributed by atoms with van der Waals surface area (Å²) < 4.78 is 6.83. The van der Waals surface area contributed by atoms with E-state index in [4.69, 9.17) is 10.5 Å². The molecule has 106 valence electrons. The molecule has 1 aliphatic rings. The zero-order valence-electron chi connectivity index (χ0n) is 11.3. The topological polar surface area (TPSA) is 86.3 Å². The Morgan fingerprint density at radius 3 is 3.16 bits per heavy atom. The summed E-state index contributed by atoms with van der Waals surface area (Å²) in [4.78, 5) is 17.3. The van der Waals surface area contributed by atoms with Gasteiger partial charge >= 0.3 is 0 Å². The first-order chi connectivity index (χ1) is 9.20. The van der Waals surface area contributed by atoms with Crippen molar-refractivity contribution in [3.05, 3.63) is 12.2 Å². The van der Waals surface area contributed by atoms with Crippen molar-refractivity contribution in [1.82, 2.24) is 19.7 Å². The lowest BCUT2D eigenvalue weighted by Gasteiger charge is -2.32. The number of aromatic nitrogens is 3. The number of methoxy groups -OCH3 is 1. The molecule has 2 N–H and O–H groups in total. The predicted molar refractivity (Wildman–Crippen MR) is 69.7 cm³/mol. The Morgan fingerprint density at radius 1 is 1.63 bits per heavy atom. The number of primary amides is 1. The fourth-order valence-electron chi connectivity index (χ4n) is 2.45. The molecule has 1 aromatic heterocycles. The molecule has 1 amide bonds. The number of piperidine rings is 1. The van der Waals surface area contributed by atoms with Crippen molar-refractivity contribution in [2.45, 2.75) is 25.3 Å². The SMILES string of the molecule is COCCCN1CCC[C@H](n2cnc(C(N)=O)n2)C1. The van der Waals surface area contributed by atoms with Gasteiger partial charge in [0.05, 0.1) is 6.04 Å². The van der Waals surface area contributed by atoms with Gasteiger partial charge in [0, 0.05) is 26.8 Å². The number of carbonyl (C=O) groups is 1. The Labute approximate surface area is 112 Å². The lowest BCUT2D eigenvalue weighted by atomic mass is 10.1. The van der Waals surface area contributed by atoms with Crippen LogP contribution in [0.2, 0.25) is 0 Å². The molecule has 0 spiro atoms. The van der Waals surface area contributed by atoms with Crippen LogP contribution in [0.4, 0.5) is 0 Å². The molecule has 1 saturated heterocycles. The second kappa shape index (κ2) is 6.63. The van der Waals surface area contributed by atoms with Crippen LogP contribution < -0.4 is 5.73 Å². The van der Waals surface area contributed by atoms with Crippen molar-refractivity contribution in [3.63, 3.8) is 0 Å². The Bertz CT molecular complexity index is 420. The van der Waals surface area contributed by atoms with Crippen LogP contribution >= 0.6 is 0 Å². The van der Waals surface area contributed by atoms with E-state index < -0.39 is 5.91 Å². The van der Waals surface area contributed by atoms with Gasteiger partial charge in [-0.25, -0.2) is 9.67 Å². The maximum atomic E-state index is 11.0. The number of ether oxygens (including phenoxy) is 1. The van der Waals surface area contributed by atoms with Crippen molar-refractivity contribution >= 4 is 5.91 Å². The molecule has 0 aromatic carbocycles. The Kier molecular flexibility index (Phi) is 4.86. The average molecular weight is 267 g/mol. The molecule has 0 bridgehead atoms. The highest BCUT2D eigenvalue weighted by Gasteiger charge is 2.22. The van der Waals surface area contributed by atoms with E-state index in [1.165, 1.54) is 0 Å². The molecule has 1 aromatic rings. The number of carbonyl (C=O) groups excluding carboxylic acids is 1. The fraction of sp³-hybridized carbons (Fsp3) is 0.750. The van der Waals surface area contributed by atoms with E-state index in [0.717, 1.165) is 45.5 Å². The van der Waals surface area contributed by atoms with Gasteiger partial charge in [-0.3, -0.25) is 4.79 Å². The molecule has 2 rings (SSSR count). The third-order valence-electron chi connectivity index (χ3n) is 3.41. The molecule has 1 fully saturated rings. The van der Waals surface area contributed by atoms with E-state index in [0.29, 0.717) is 0 Å². The van der Waals surface area contributed by atoms with E-state index in [1.54, 1.807) is 18.1 Å². The molecular weight excluding hydrogens is 246 g/mol. The summed E-state index contributed by atoms with van der Waals surface area (Å²) in [5, 5.41) is 4.14. The number of hydrogen-bond acceptors (Lipinski definition) is 5. The standard InChI is InChI=1S/C12H21N5O2/c1-19-7-3-6-16-5-2-4-10(8-16)17-9-14-12(15-17)11(13)18/h9-10H,2-8H2,1H3,(H2,13,18)/t10-/m0/s1. The van der Waals surface area contributed by atoms with Gasteiger partial charge in [0.25, 0.3) is 5.91 Å². The number of rotatable bonds is 6. The minimum absolute atomic E-state index is 0.0940. The normalized spacial score (nSPS) is 20.6. The maximum absolute atomic E-state index is 11.0. The van der Waals surface area contributed by atoms with Crippen LogP contribution in [0.25, 0.3) is 0 Å². The quantitative estimate of drug-likeness (QED) is 0.736. The van der Waals surface area contributed by atoms with Crippen LogP contribution in [0.1, 0.15) is 35.9 Å². The van der Waals surface area contributed by atoms with Crippen molar-refractivity contribution in [2.24, 2.45) is 5.73 Å². The van der Waals surface area contributed by atoms with Gasteiger partial charge in [-0.2, -0.15) is 0 Å². The molecular formula is C12H21N5O2. The van der Waals surface area contributed by atoms with E-state index in [1.807, 2.05) is 0 Å². The first-order valence-corrected chi connectivity index (χ1v) is 6.63. The molecule has 2 heterocycles. The number of nitrogens with zero attached hydrogens (tertiary/aromatic N) is 4. The number of amides is 1. The molecule has 7 heteroatoms. The van der Waals surface area contributed by atoms with Crippen LogP contribution in [-0.2, 0) is 4.74 Å². The van der Waals surface area contributed by atoms with Gasteiger partial charge in [-0.15, -0.1) is 5.10 Å². The van der Waals surface area contributed by atoms with Crippen molar-refractivity contribution in [3.8, 4) is 0 Å². The highest BCUT2D eigenvalue weighted by atomic mass is 16.5. The number of likely N-dealkylation sites (tertiary alicyclic amines) is 1. The summed E-state index contributed by atoms with van der Waals surface area (Å²) in [5.74, 6) is -0.483. The van der Waals surface area contributed by atoms with Crippen LogP contribution in [0.5, 0.6) is 0 Å². The monoisotopic (exact) mass is 267 g/mol. The van der Waals surface area contributed by atoms with E-state index in [-0.39, 0.29) is 11.9 Å². The van der Waals surface area contributed by atoms with E-state index >= 15 is 0 Å². The lowest BCUT2D eigenvalue weighted by molar-refractivity contribution is 0.0988. The van der Waals surface area contributed by atoms with Crippen molar-refractivity contribution in [2.75, 3.05) is 33.4 Å². The van der Waals surface area contributed by atoms with Crippen LogP contribution in [0.15, 0.2) is 6.33 Å². The summed E-state index contributed by atoms with van der Waals surface area (Å²) in [5.41, 5.74) is 5.16. The zero-order valence-corrected chi connectivity index (χ0v) is 11.3. The number of hydrogen-bond donors (Lipinski definition) is 1. The van der Waals surface area contributed by atoms with Gasteiger partial charge in [0.2, 0.25) is 5.82 Å². The Morgan fingerprint density at radius 2 is 2.47 bits per heavy atom. The summed E-state index contributed by atoms with van der Waals surface area (Å²) >= 11 is 0. The minimum Gasteiger partial charge on any atom is -0.385 e. The predicted octanol–water partition coefficient (Wildman–Crippen LogP) is 0.0504. The van der Waals surface area contributed by atoms with Crippen LogP contribution in [0, 0.1) is 0 Å². The third-order valence-corrected chi connectivity index (χ3v) is 3.41. The molecule has 0 unspecified atom stereocenters. The average Bonchev–Trinajstić information content (AvgIpc) is 2.89. The molecule has 0 aliphatic carbocycles. The summed E-state index contributed by atoms with van der Waals surface area (Å²) in [6.45, 7) is 3.86. The van der Waals surface area contributed by atoms with Gasteiger partial charge in [0.1, 0.15) is 6.33 Å². The van der Waals surface area contributed by atoms with Crippen LogP contribution in [-0.4, -0.2) is 58.9 Å². The molecule has 0 saturated carbocycles. The van der Waals surface area contributed by atoms with Gasteiger partial charge in [-0.05, 0) is 25.8 Å². The smallest absolute Gasteiger partial charge is 0.288 e. The van der Waals surface area contributed by atoms with Crippen molar-refractivity contribution < 1.29 is 9.53 Å². The van der Waals surface area contributed by atoms with Gasteiger partial charge in [-0.1, -0.05) is 0 Å². The maximum Gasteiger partial charge on any atom is 0.288 e. The molecule has 7 nitrogen and oxygen atoms in total. The third kappa shape index (κ3) is 3.74. The Balaban J connectivity index is 1.90. The first-order valence-electron chi connectivity index (χ1n) is 6.63. The van der Waals surface area contributed by atoms with Crippen LogP contribution in [0.3, 0.4) is 0 Å². The number of nitrogens with two attached hydrogens (primary N) is 1. The first kappa shape index (κ1) is 14.0. The summed E-state index contributed by atoms with van der Waals surface area (Å²) in [7, 11) is 1.72. The highest BCUT2D eigenvalue weighted by Crippen LogP contribution is 2.20. The Hall–Kier alpha value is -1.47. The highest BCUT2D eigenvalue weighted by molar-refractivity contribution is 5.88. The van der Waals surface area contributed by atoms with Crippen molar-refractivity contribution in [1.29, 1.82) is 0 Å². The molecule has 1 atom stereocenters. The largest absolute Gasteiger partial charge is 0.385 e. The van der Waals surface area contributed by atoms with Gasteiger partial charge in [0.15, 0.2) is 0 Å². The van der Waals surface area contributed by atoms with E-state index in [9.17, 15) is 4.79 Å². The summed E-state index contributed by atoms with van der Waals surface area (Å²) in [6, 6.07) is 0.275. The second-order valence-corrected chi connectivity index (χ2v) is 4.86.